The van der Waals surface area contributed by atoms with E-state index in [1.165, 1.54) is 0 Å². The Bertz CT molecular complexity index is 146. The molecule has 1 heterocycles. The largest absolute Gasteiger partial charge is 0.214 e. The molecule has 4 nitrogen and oxygen atoms in total. The van der Waals surface area contributed by atoms with Gasteiger partial charge < -0.3 is 0 Å². The van der Waals surface area contributed by atoms with Crippen molar-refractivity contribution in [1.29, 1.82) is 5.26 Å². The van der Waals surface area contributed by atoms with Crippen LogP contribution in [0.5, 0.6) is 0 Å². The van der Waals surface area contributed by atoms with Gasteiger partial charge in [-0.15, -0.1) is 0 Å². The predicted octanol–water partition coefficient (Wildman–Crippen LogP) is 0.417. The molecular weight excluding hydrogens is 142 g/mol. The lowest BCUT2D eigenvalue weighted by atomic mass is 9.95. The van der Waals surface area contributed by atoms with E-state index in [0.29, 0.717) is 12.3 Å². The second-order valence-corrected chi connectivity index (χ2v) is 2.84. The van der Waals surface area contributed by atoms with Crippen molar-refractivity contribution in [3.05, 3.63) is 0 Å². The van der Waals surface area contributed by atoms with Crippen LogP contribution in [0.2, 0.25) is 0 Å². The molecule has 1 aliphatic rings. The molecule has 62 valence electrons. The van der Waals surface area contributed by atoms with Gasteiger partial charge in [-0.1, -0.05) is 0 Å². The van der Waals surface area contributed by atoms with E-state index in [1.807, 2.05) is 0 Å². The topological polar surface area (TPSA) is 62.3 Å². The maximum absolute atomic E-state index is 8.42. The van der Waals surface area contributed by atoms with Crippen LogP contribution in [0.15, 0.2) is 0 Å². The van der Waals surface area contributed by atoms with Crippen molar-refractivity contribution in [3.8, 4) is 6.07 Å². The van der Waals surface area contributed by atoms with E-state index in [0.717, 1.165) is 25.9 Å². The Morgan fingerprint density at radius 1 is 1.55 bits per heavy atom. The predicted molar refractivity (Wildman–Crippen MR) is 39.8 cm³/mol. The van der Waals surface area contributed by atoms with Gasteiger partial charge in [-0.05, 0) is 18.8 Å². The minimum atomic E-state index is 0.548. The molecule has 4 heteroatoms. The van der Waals surface area contributed by atoms with Crippen LogP contribution in [0.4, 0.5) is 0 Å². The molecule has 0 spiro atoms. The van der Waals surface area contributed by atoms with E-state index in [9.17, 15) is 0 Å². The Kier molecular flexibility index (Phi) is 3.30. The van der Waals surface area contributed by atoms with Gasteiger partial charge in [0.1, 0.15) is 0 Å². The summed E-state index contributed by atoms with van der Waals surface area (Å²) in [7, 11) is 0. The lowest BCUT2D eigenvalue weighted by molar-refractivity contribution is -0.177. The van der Waals surface area contributed by atoms with E-state index in [1.54, 1.807) is 5.06 Å². The molecule has 0 saturated carbocycles. The molecular formula is C7H13N3O. The van der Waals surface area contributed by atoms with Crippen LogP contribution in [-0.4, -0.2) is 18.2 Å². The quantitative estimate of drug-likeness (QED) is 0.587. The Morgan fingerprint density at radius 3 is 2.64 bits per heavy atom. The minimum absolute atomic E-state index is 0.548. The summed E-state index contributed by atoms with van der Waals surface area (Å²) in [5, 5.41) is 10.2. The molecule has 0 amide bonds. The third-order valence-corrected chi connectivity index (χ3v) is 2.10. The van der Waals surface area contributed by atoms with Crippen LogP contribution < -0.4 is 5.90 Å². The normalized spacial score (nSPS) is 21.5. The van der Waals surface area contributed by atoms with Crippen LogP contribution in [0.3, 0.4) is 0 Å². The highest BCUT2D eigenvalue weighted by atomic mass is 16.8. The number of nitriles is 1. The minimum Gasteiger partial charge on any atom is -0.214 e. The van der Waals surface area contributed by atoms with E-state index in [-0.39, 0.29) is 0 Å². The van der Waals surface area contributed by atoms with Crippen molar-refractivity contribution in [2.24, 2.45) is 11.8 Å². The number of nitrogens with two attached hydrogens (primary N) is 1. The summed E-state index contributed by atoms with van der Waals surface area (Å²) < 4.78 is 0. The molecule has 1 saturated heterocycles. The van der Waals surface area contributed by atoms with Gasteiger partial charge in [0.05, 0.1) is 6.07 Å². The van der Waals surface area contributed by atoms with E-state index >= 15 is 0 Å². The summed E-state index contributed by atoms with van der Waals surface area (Å²) in [6.07, 6.45) is 2.70. The molecule has 0 atom stereocenters. The summed E-state index contributed by atoms with van der Waals surface area (Å²) in [4.78, 5) is 4.57. The summed E-state index contributed by atoms with van der Waals surface area (Å²) in [5.74, 6) is 5.53. The number of hydrogen-bond acceptors (Lipinski definition) is 4. The first kappa shape index (κ1) is 8.47. The van der Waals surface area contributed by atoms with Crippen molar-refractivity contribution in [1.82, 2.24) is 5.06 Å². The molecule has 2 N–H and O–H groups in total. The summed E-state index contributed by atoms with van der Waals surface area (Å²) in [5.41, 5.74) is 0. The van der Waals surface area contributed by atoms with Gasteiger partial charge in [0, 0.05) is 19.5 Å². The van der Waals surface area contributed by atoms with Gasteiger partial charge in [-0.25, -0.2) is 4.94 Å². The zero-order valence-electron chi connectivity index (χ0n) is 6.49. The fraction of sp³-hybridized carbons (Fsp3) is 0.857. The van der Waals surface area contributed by atoms with E-state index in [2.05, 4.69) is 11.0 Å². The SMILES string of the molecule is N#CCC1CCN(ON)CC1. The Morgan fingerprint density at radius 2 is 2.18 bits per heavy atom. The lowest BCUT2D eigenvalue weighted by Crippen LogP contribution is -2.35. The van der Waals surface area contributed by atoms with Crippen LogP contribution in [0.1, 0.15) is 19.3 Å². The lowest BCUT2D eigenvalue weighted by Gasteiger charge is -2.27. The first-order chi connectivity index (χ1) is 5.36. The zero-order valence-corrected chi connectivity index (χ0v) is 6.49. The Hall–Kier alpha value is -0.630. The summed E-state index contributed by atoms with van der Waals surface area (Å²) >= 11 is 0. The monoisotopic (exact) mass is 155 g/mol. The van der Waals surface area contributed by atoms with Crippen LogP contribution in [0, 0.1) is 17.2 Å². The third-order valence-electron chi connectivity index (χ3n) is 2.10. The molecule has 0 unspecified atom stereocenters. The van der Waals surface area contributed by atoms with Crippen LogP contribution in [-0.2, 0) is 4.94 Å². The molecule has 1 aliphatic heterocycles. The number of nitrogens with zero attached hydrogens (tertiary/aromatic N) is 2. The third kappa shape index (κ3) is 2.46. The molecule has 1 rings (SSSR count). The number of rotatable bonds is 2. The number of piperidine rings is 1. The summed E-state index contributed by atoms with van der Waals surface area (Å²) in [6.45, 7) is 1.70. The average Bonchev–Trinajstić information content (AvgIpc) is 2.07. The van der Waals surface area contributed by atoms with Gasteiger partial charge in [-0.2, -0.15) is 16.2 Å². The Balaban J connectivity index is 2.20. The molecule has 0 aromatic rings. The maximum atomic E-state index is 8.42. The highest BCUT2D eigenvalue weighted by molar-refractivity contribution is 4.78. The fourth-order valence-electron chi connectivity index (χ4n) is 1.35. The summed E-state index contributed by atoms with van der Waals surface area (Å²) in [6, 6.07) is 2.18. The standard InChI is InChI=1S/C7H13N3O/c8-4-1-7-2-5-10(11-9)6-3-7/h7H,1-3,5-6,9H2. The molecule has 0 aliphatic carbocycles. The zero-order chi connectivity index (χ0) is 8.10. The molecule has 11 heavy (non-hydrogen) atoms. The highest BCUT2D eigenvalue weighted by Crippen LogP contribution is 2.18. The smallest absolute Gasteiger partial charge is 0.0624 e. The Labute approximate surface area is 66.4 Å². The first-order valence-corrected chi connectivity index (χ1v) is 3.85. The van der Waals surface area contributed by atoms with Crippen molar-refractivity contribution in [3.63, 3.8) is 0 Å². The van der Waals surface area contributed by atoms with Crippen LogP contribution in [0.25, 0.3) is 0 Å². The van der Waals surface area contributed by atoms with Gasteiger partial charge >= 0.3 is 0 Å². The second kappa shape index (κ2) is 4.29. The van der Waals surface area contributed by atoms with E-state index < -0.39 is 0 Å². The molecule has 1 fully saturated rings. The second-order valence-electron chi connectivity index (χ2n) is 2.84. The van der Waals surface area contributed by atoms with E-state index in [4.69, 9.17) is 11.2 Å². The molecule has 0 bridgehead atoms. The van der Waals surface area contributed by atoms with Gasteiger partial charge in [0.2, 0.25) is 0 Å². The van der Waals surface area contributed by atoms with Gasteiger partial charge in [0.15, 0.2) is 0 Å². The maximum Gasteiger partial charge on any atom is 0.0624 e. The molecule has 0 aromatic heterocycles. The van der Waals surface area contributed by atoms with Gasteiger partial charge in [-0.3, -0.25) is 0 Å². The van der Waals surface area contributed by atoms with Gasteiger partial charge in [0.25, 0.3) is 0 Å². The van der Waals surface area contributed by atoms with Crippen LogP contribution >= 0.6 is 0 Å². The number of hydrogen-bond donors (Lipinski definition) is 1. The van der Waals surface area contributed by atoms with Crippen molar-refractivity contribution in [2.75, 3.05) is 13.1 Å². The average molecular weight is 155 g/mol. The molecule has 0 radical (unpaired) electrons. The fourth-order valence-corrected chi connectivity index (χ4v) is 1.35. The number of hydroxylamine groups is 2. The van der Waals surface area contributed by atoms with Crippen molar-refractivity contribution in [2.45, 2.75) is 19.3 Å². The van der Waals surface area contributed by atoms with Crippen molar-refractivity contribution < 1.29 is 4.94 Å². The highest BCUT2D eigenvalue weighted by Gasteiger charge is 2.18. The first-order valence-electron chi connectivity index (χ1n) is 3.85. The van der Waals surface area contributed by atoms with Crippen molar-refractivity contribution >= 4 is 0 Å². The molecule has 0 aromatic carbocycles.